The monoisotopic (exact) mass is 1020 g/mol. The van der Waals surface area contributed by atoms with Crippen LogP contribution in [0.3, 0.4) is 0 Å². The maximum Gasteiger partial charge on any atom is 0.550 e. The quantitative estimate of drug-likeness (QED) is 0.0185. The summed E-state index contributed by atoms with van der Waals surface area (Å²) in [5.74, 6) is -0.242. The van der Waals surface area contributed by atoms with E-state index in [-0.39, 0.29) is 30.9 Å². The van der Waals surface area contributed by atoms with Gasteiger partial charge in [0.1, 0.15) is 51.9 Å². The number of nitrogens with one attached hydrogen (secondary N) is 2. The smallest absolute Gasteiger partial charge is 0.508 e. The minimum Gasteiger partial charge on any atom is -0.508 e. The Hall–Kier alpha value is -3.39. The van der Waals surface area contributed by atoms with Gasteiger partial charge in [-0.05, 0) is 108 Å². The number of phenolic OH excluding ortho intramolecular Hbond substituents is 2. The molecule has 60 heavy (non-hydrogen) atoms. The molecule has 0 saturated carbocycles. The second-order valence-corrected chi connectivity index (χ2v) is 18.5. The van der Waals surface area contributed by atoms with Crippen molar-refractivity contribution in [2.45, 2.75) is 104 Å². The molecule has 0 radical (unpaired) electrons. The van der Waals surface area contributed by atoms with Crippen molar-refractivity contribution in [2.75, 3.05) is 11.5 Å². The van der Waals surface area contributed by atoms with Gasteiger partial charge >= 0.3 is 55.0 Å². The number of phenols is 2. The molecule has 0 amide bonds. The highest BCUT2D eigenvalue weighted by molar-refractivity contribution is 8.06. The molecule has 0 heterocycles. The van der Waals surface area contributed by atoms with Crippen molar-refractivity contribution in [1.82, 2.24) is 9.44 Å². The van der Waals surface area contributed by atoms with Gasteiger partial charge in [-0.2, -0.15) is 13.2 Å². The third-order valence-electron chi connectivity index (χ3n) is 6.18. The molecule has 2 unspecified atom stereocenters. The zero-order chi connectivity index (χ0) is 45.7. The Morgan fingerprint density at radius 1 is 0.767 bits per heavy atom. The van der Waals surface area contributed by atoms with Gasteiger partial charge in [-0.15, -0.1) is 26.5 Å². The molecule has 0 aromatic heterocycles. The predicted octanol–water partition coefficient (Wildman–Crippen LogP) is 4.53. The average Bonchev–Trinajstić information content (AvgIpc) is 3.11. The molecule has 22 heteroatoms. The van der Waals surface area contributed by atoms with E-state index in [0.717, 1.165) is 11.1 Å². The fourth-order valence-electron chi connectivity index (χ4n) is 3.77. The SMILES string of the molecule is C.CC(C)(C)OC(=O)C(N)Cc1ccc(O)cc1.CCNC(Cc1ccc(O)cc1)C(=O)OC(C)(C)C.C[I+]c1ccccc1.O=S(=O)(NSOOC(F)(F)F)C(F)(F)F. The van der Waals surface area contributed by atoms with Gasteiger partial charge in [0.15, 0.2) is 3.57 Å². The lowest BCUT2D eigenvalue weighted by molar-refractivity contribution is -0.597. The fraction of sp³-hybridized carbons (Fsp3) is 0.474. The summed E-state index contributed by atoms with van der Waals surface area (Å²) in [6, 6.07) is 23.0. The van der Waals surface area contributed by atoms with Gasteiger partial charge in [0.05, 0.1) is 0 Å². The van der Waals surface area contributed by atoms with Gasteiger partial charge in [-0.3, -0.25) is 9.59 Å². The Kier molecular flexibility index (Phi) is 26.9. The summed E-state index contributed by atoms with van der Waals surface area (Å²) in [6.07, 6.45) is -4.31. The third kappa shape index (κ3) is 29.0. The number of rotatable bonds is 13. The minimum atomic E-state index is -5.77. The number of likely N-dealkylation sites (N-methyl/N-ethyl adjacent to an activating group) is 1. The lowest BCUT2D eigenvalue weighted by atomic mass is 10.1. The Bertz CT molecular complexity index is 1760. The Morgan fingerprint density at radius 2 is 1.20 bits per heavy atom. The van der Waals surface area contributed by atoms with E-state index in [1.807, 2.05) is 39.8 Å². The molecule has 3 aromatic rings. The molecular weight excluding hydrogens is 963 g/mol. The van der Waals surface area contributed by atoms with Gasteiger partial charge in [0.25, 0.3) is 0 Å². The molecule has 2 atom stereocenters. The van der Waals surface area contributed by atoms with E-state index in [1.54, 1.807) is 57.2 Å². The van der Waals surface area contributed by atoms with E-state index in [0.29, 0.717) is 44.7 Å². The van der Waals surface area contributed by atoms with Crippen LogP contribution in [0.5, 0.6) is 11.5 Å². The van der Waals surface area contributed by atoms with Crippen LogP contribution in [0, 0.1) is 3.57 Å². The van der Waals surface area contributed by atoms with E-state index in [9.17, 15) is 49.5 Å². The summed E-state index contributed by atoms with van der Waals surface area (Å²) in [6.45, 7) is 13.6. The highest BCUT2D eigenvalue weighted by Gasteiger charge is 2.46. The van der Waals surface area contributed by atoms with Crippen molar-refractivity contribution in [2.24, 2.45) is 5.73 Å². The number of alkyl halides is 7. The van der Waals surface area contributed by atoms with Crippen molar-refractivity contribution in [1.29, 1.82) is 0 Å². The Balaban J connectivity index is 0. The summed E-state index contributed by atoms with van der Waals surface area (Å²) in [5.41, 5.74) is 0.967. The molecule has 0 bridgehead atoms. The first-order valence-corrected chi connectivity index (χ1v) is 22.7. The number of sulfonamides is 1. The maximum atomic E-state index is 12.1. The van der Waals surface area contributed by atoms with Crippen molar-refractivity contribution >= 4 is 34.2 Å². The van der Waals surface area contributed by atoms with Gasteiger partial charge in [0, 0.05) is 0 Å². The molecule has 0 aliphatic heterocycles. The van der Waals surface area contributed by atoms with Crippen LogP contribution >= 0.6 is 12.2 Å². The second-order valence-electron chi connectivity index (χ2n) is 13.7. The van der Waals surface area contributed by atoms with Gasteiger partial charge in [-0.25, -0.2) is 8.42 Å². The third-order valence-corrected chi connectivity index (χ3v) is 10.0. The summed E-state index contributed by atoms with van der Waals surface area (Å²) in [5, 5.41) is 21.5. The first kappa shape index (κ1) is 58.7. The number of benzene rings is 3. The zero-order valence-corrected chi connectivity index (χ0v) is 37.3. The van der Waals surface area contributed by atoms with Crippen LogP contribution in [0.15, 0.2) is 78.9 Å². The van der Waals surface area contributed by atoms with Crippen LogP contribution in [-0.4, -0.2) is 77.2 Å². The van der Waals surface area contributed by atoms with Crippen LogP contribution in [-0.2, 0) is 51.1 Å². The highest BCUT2D eigenvalue weighted by Crippen LogP contribution is 2.25. The molecule has 13 nitrogen and oxygen atoms in total. The first-order chi connectivity index (χ1) is 27.0. The molecule has 342 valence electrons. The number of halogens is 7. The number of nitrogens with two attached hydrogens (primary N) is 1. The number of ether oxygens (including phenoxy) is 2. The van der Waals surface area contributed by atoms with E-state index < -0.39 is 57.3 Å². The van der Waals surface area contributed by atoms with Crippen LogP contribution in [0.2, 0.25) is 0 Å². The van der Waals surface area contributed by atoms with E-state index in [4.69, 9.17) is 20.3 Å². The first-order valence-electron chi connectivity index (χ1n) is 17.2. The highest BCUT2D eigenvalue weighted by atomic mass is 127. The number of hydrogen-bond acceptors (Lipinski definition) is 13. The molecular formula is C38H55F6IN3O10S2+. The van der Waals surface area contributed by atoms with Gasteiger partial charge < -0.3 is 30.7 Å². The lowest BCUT2D eigenvalue weighted by Crippen LogP contribution is -3.60. The largest absolute Gasteiger partial charge is 0.550 e. The van der Waals surface area contributed by atoms with E-state index in [1.165, 1.54) is 3.57 Å². The van der Waals surface area contributed by atoms with Gasteiger partial charge in [0.2, 0.25) is 0 Å². The number of carbonyl (C=O) groups is 2. The molecule has 3 aromatic carbocycles. The van der Waals surface area contributed by atoms with E-state index in [2.05, 4.69) is 49.8 Å². The molecule has 0 aliphatic carbocycles. The fourth-order valence-corrected chi connectivity index (χ4v) is 5.87. The van der Waals surface area contributed by atoms with Crippen LogP contribution in [0.25, 0.3) is 0 Å². The molecule has 6 N–H and O–H groups in total. The van der Waals surface area contributed by atoms with Crippen molar-refractivity contribution in [3.63, 3.8) is 0 Å². The molecule has 0 aliphatic rings. The number of hydrogen-bond donors (Lipinski definition) is 5. The summed E-state index contributed by atoms with van der Waals surface area (Å²) < 4.78 is 104. The summed E-state index contributed by atoms with van der Waals surface area (Å²) >= 11 is -0.577. The Morgan fingerprint density at radius 3 is 1.57 bits per heavy atom. The molecule has 0 saturated heterocycles. The standard InChI is InChI=1S/C15H23NO3.C13H19NO3.C7H8I.C2HF6NO4S2.CH4/c1-5-16-13(14(18)19-15(2,3)4)10-11-6-8-12(17)9-7-11;1-13(2,3)17-12(16)11(14)8-9-4-6-10(15)7-5-9;1-8-7-5-3-2-4-6-7;3-1(4,5)12-13-14-9-15(10,11)2(6,7)8;/h6-9,13,16-17H,5,10H2,1-4H3;4-7,11,15H,8,14H2,1-3H3;2-6H,1H3;9H;1H4/q;;+1;;. The number of aromatic hydroxyl groups is 2. The topological polar surface area (TPSA) is 196 Å². The zero-order valence-electron chi connectivity index (χ0n) is 33.5. The molecule has 3 rings (SSSR count). The number of esters is 2. The number of carbonyl (C=O) groups excluding carboxylic acids is 2. The normalized spacial score (nSPS) is 12.7. The average molecular weight is 1020 g/mol. The summed E-state index contributed by atoms with van der Waals surface area (Å²) in [4.78, 5) is 28.5. The van der Waals surface area contributed by atoms with Crippen LogP contribution in [0.4, 0.5) is 26.3 Å². The van der Waals surface area contributed by atoms with Gasteiger partial charge in [-0.1, -0.05) is 56.8 Å². The minimum absolute atomic E-state index is 0. The lowest BCUT2D eigenvalue weighted by Gasteiger charge is -2.24. The predicted molar refractivity (Wildman–Crippen MR) is 212 cm³/mol. The maximum absolute atomic E-state index is 12.1. The van der Waals surface area contributed by atoms with E-state index >= 15 is 0 Å². The van der Waals surface area contributed by atoms with Crippen molar-refractivity contribution < 1.29 is 94.5 Å². The Labute approximate surface area is 362 Å². The van der Waals surface area contributed by atoms with Crippen LogP contribution < -0.4 is 36.4 Å². The second kappa shape index (κ2) is 27.5. The summed E-state index contributed by atoms with van der Waals surface area (Å²) in [7, 11) is -5.77. The molecule has 0 fully saturated rings. The van der Waals surface area contributed by atoms with Crippen LogP contribution in [0.1, 0.15) is 67.0 Å². The van der Waals surface area contributed by atoms with Crippen molar-refractivity contribution in [3.05, 3.63) is 93.6 Å². The molecule has 0 spiro atoms. The van der Waals surface area contributed by atoms with Crippen molar-refractivity contribution in [3.8, 4) is 11.5 Å².